The summed E-state index contributed by atoms with van der Waals surface area (Å²) in [7, 11) is 1.48. The molecule has 7 nitrogen and oxygen atoms in total. The molecule has 0 spiro atoms. The number of ether oxygens (including phenoxy) is 2. The van der Waals surface area contributed by atoms with Crippen molar-refractivity contribution < 1.29 is 27.8 Å². The van der Waals surface area contributed by atoms with E-state index in [-0.39, 0.29) is 23.6 Å². The number of nitrogens with zero attached hydrogens (tertiary/aromatic N) is 2. The number of alkyl halides is 3. The second-order valence-corrected chi connectivity index (χ2v) is 6.14. The molecule has 0 unspecified atom stereocenters. The number of phenolic OH excluding ortho intramolecular Hbond substituents is 1. The maximum Gasteiger partial charge on any atom is 0.437 e. The number of hydrogen-bond acceptors (Lipinski definition) is 6. The Labute approximate surface area is 168 Å². The van der Waals surface area contributed by atoms with Crippen LogP contribution in [0, 0.1) is 11.3 Å². The fourth-order valence-electron chi connectivity index (χ4n) is 2.64. The molecule has 0 atom stereocenters. The molecular formula is C20H14F3N3O4. The van der Waals surface area contributed by atoms with Crippen LogP contribution in [-0.4, -0.2) is 22.2 Å². The fraction of sp³-hybridized carbons (Fsp3) is 0.150. The maximum atomic E-state index is 13.6. The molecule has 10 heteroatoms. The van der Waals surface area contributed by atoms with Gasteiger partial charge in [-0.2, -0.15) is 18.4 Å². The van der Waals surface area contributed by atoms with E-state index >= 15 is 0 Å². The molecule has 30 heavy (non-hydrogen) atoms. The van der Waals surface area contributed by atoms with Crippen molar-refractivity contribution in [2.45, 2.75) is 12.6 Å². The average Bonchev–Trinajstić information content (AvgIpc) is 2.69. The quantitative estimate of drug-likeness (QED) is 0.655. The van der Waals surface area contributed by atoms with Crippen LogP contribution in [0.1, 0.15) is 22.6 Å². The van der Waals surface area contributed by atoms with Crippen LogP contribution in [0.4, 0.5) is 13.2 Å². The van der Waals surface area contributed by atoms with Crippen molar-refractivity contribution >= 4 is 0 Å². The predicted octanol–water partition coefficient (Wildman–Crippen LogP) is 3.76. The second kappa shape index (κ2) is 8.16. The summed E-state index contributed by atoms with van der Waals surface area (Å²) in [6, 6.07) is 11.4. The highest BCUT2D eigenvalue weighted by Gasteiger charge is 2.39. The lowest BCUT2D eigenvalue weighted by Crippen LogP contribution is -2.22. The van der Waals surface area contributed by atoms with E-state index in [1.165, 1.54) is 7.11 Å². The van der Waals surface area contributed by atoms with E-state index in [1.807, 2.05) is 0 Å². The Morgan fingerprint density at radius 1 is 1.17 bits per heavy atom. The van der Waals surface area contributed by atoms with Crippen LogP contribution in [-0.2, 0) is 12.6 Å². The van der Waals surface area contributed by atoms with E-state index in [2.05, 4.69) is 9.97 Å². The third-order valence-corrected chi connectivity index (χ3v) is 3.97. The molecule has 0 fully saturated rings. The molecule has 0 saturated heterocycles. The molecule has 0 amide bonds. The van der Waals surface area contributed by atoms with Gasteiger partial charge in [0.1, 0.15) is 23.1 Å². The number of nitriles is 1. The third kappa shape index (κ3) is 4.70. The van der Waals surface area contributed by atoms with E-state index in [4.69, 9.17) is 14.7 Å². The highest BCUT2D eigenvalue weighted by atomic mass is 19.4. The van der Waals surface area contributed by atoms with Crippen LogP contribution in [0.2, 0.25) is 0 Å². The SMILES string of the molecule is COc1ccc(Cc2nc(C(F)(F)F)c(Oc3cc(O)cc(C#N)c3)c(=O)[nH]2)cc1. The van der Waals surface area contributed by atoms with Gasteiger partial charge in [0, 0.05) is 12.5 Å². The number of aromatic amines is 1. The van der Waals surface area contributed by atoms with Crippen LogP contribution < -0.4 is 15.0 Å². The van der Waals surface area contributed by atoms with Crippen LogP contribution >= 0.6 is 0 Å². The number of aromatic hydroxyl groups is 1. The first-order chi connectivity index (χ1) is 14.2. The van der Waals surface area contributed by atoms with Crippen molar-refractivity contribution in [2.75, 3.05) is 7.11 Å². The Bertz CT molecular complexity index is 1170. The second-order valence-electron chi connectivity index (χ2n) is 6.14. The van der Waals surface area contributed by atoms with Crippen molar-refractivity contribution in [3.05, 3.63) is 75.5 Å². The molecule has 0 aliphatic carbocycles. The van der Waals surface area contributed by atoms with Crippen LogP contribution in [0.15, 0.2) is 47.3 Å². The molecule has 3 aromatic rings. The normalized spacial score (nSPS) is 11.0. The predicted molar refractivity (Wildman–Crippen MR) is 98.6 cm³/mol. The molecule has 1 heterocycles. The molecule has 154 valence electrons. The van der Waals surface area contributed by atoms with Gasteiger partial charge in [0.2, 0.25) is 5.75 Å². The molecular weight excluding hydrogens is 403 g/mol. The summed E-state index contributed by atoms with van der Waals surface area (Å²) in [6.45, 7) is 0. The summed E-state index contributed by atoms with van der Waals surface area (Å²) in [4.78, 5) is 18.2. The monoisotopic (exact) mass is 417 g/mol. The van der Waals surface area contributed by atoms with Gasteiger partial charge in [0.15, 0.2) is 5.69 Å². The van der Waals surface area contributed by atoms with E-state index in [1.54, 1.807) is 30.3 Å². The highest BCUT2D eigenvalue weighted by molar-refractivity contribution is 5.45. The summed E-state index contributed by atoms with van der Waals surface area (Å²) in [5.74, 6) is -1.44. The van der Waals surface area contributed by atoms with Gasteiger partial charge < -0.3 is 19.6 Å². The van der Waals surface area contributed by atoms with E-state index < -0.39 is 28.9 Å². The topological polar surface area (TPSA) is 108 Å². The number of benzene rings is 2. The van der Waals surface area contributed by atoms with Crippen LogP contribution in [0.5, 0.6) is 23.0 Å². The number of methoxy groups -OCH3 is 1. The summed E-state index contributed by atoms with van der Waals surface area (Å²) < 4.78 is 50.8. The summed E-state index contributed by atoms with van der Waals surface area (Å²) in [5.41, 5.74) is -2.12. The molecule has 3 rings (SSSR count). The number of aromatic nitrogens is 2. The Kier molecular flexibility index (Phi) is 5.64. The number of phenols is 1. The number of hydrogen-bond donors (Lipinski definition) is 2. The molecule has 2 N–H and O–H groups in total. The zero-order valence-corrected chi connectivity index (χ0v) is 15.4. The van der Waals surface area contributed by atoms with Gasteiger partial charge in [0.25, 0.3) is 5.56 Å². The number of rotatable bonds is 5. The molecule has 0 aliphatic rings. The first kappa shape index (κ1) is 20.7. The molecule has 0 aliphatic heterocycles. The van der Waals surface area contributed by atoms with E-state index in [9.17, 15) is 23.1 Å². The lowest BCUT2D eigenvalue weighted by molar-refractivity contribution is -0.142. The summed E-state index contributed by atoms with van der Waals surface area (Å²) in [6.07, 6.45) is -5.04. The fourth-order valence-corrected chi connectivity index (χ4v) is 2.64. The Morgan fingerprint density at radius 3 is 2.47 bits per heavy atom. The van der Waals surface area contributed by atoms with Gasteiger partial charge in [0.05, 0.1) is 18.7 Å². The smallest absolute Gasteiger partial charge is 0.437 e. The minimum absolute atomic E-state index is 0.0564. The molecule has 0 bridgehead atoms. The number of H-pyrrole nitrogens is 1. The minimum atomic E-state index is -4.98. The van der Waals surface area contributed by atoms with Gasteiger partial charge in [-0.3, -0.25) is 4.79 Å². The molecule has 1 aromatic heterocycles. The standard InChI is InChI=1S/C20H14F3N3O4/c1-29-14-4-2-11(3-5-14)8-16-25-18(20(21,22)23)17(19(28)26-16)30-15-7-12(10-24)6-13(27)9-15/h2-7,9,27H,8H2,1H3,(H,25,26,28). The zero-order chi connectivity index (χ0) is 21.9. The van der Waals surface area contributed by atoms with Gasteiger partial charge in [-0.25, -0.2) is 4.98 Å². The number of nitrogens with one attached hydrogen (secondary N) is 1. The Hall–Kier alpha value is -4.00. The van der Waals surface area contributed by atoms with Crippen molar-refractivity contribution in [3.8, 4) is 29.1 Å². The zero-order valence-electron chi connectivity index (χ0n) is 15.4. The maximum absolute atomic E-state index is 13.6. The van der Waals surface area contributed by atoms with Gasteiger partial charge >= 0.3 is 6.18 Å². The largest absolute Gasteiger partial charge is 0.508 e. The lowest BCUT2D eigenvalue weighted by Gasteiger charge is -2.14. The van der Waals surface area contributed by atoms with Gasteiger partial charge in [-0.15, -0.1) is 0 Å². The molecule has 0 radical (unpaired) electrons. The third-order valence-electron chi connectivity index (χ3n) is 3.97. The van der Waals surface area contributed by atoms with E-state index in [0.717, 1.165) is 18.2 Å². The molecule has 0 saturated carbocycles. The van der Waals surface area contributed by atoms with Gasteiger partial charge in [-0.1, -0.05) is 12.1 Å². The number of halogens is 3. The lowest BCUT2D eigenvalue weighted by atomic mass is 10.1. The van der Waals surface area contributed by atoms with Crippen LogP contribution in [0.25, 0.3) is 0 Å². The Balaban J connectivity index is 2.01. The van der Waals surface area contributed by atoms with Crippen molar-refractivity contribution in [1.29, 1.82) is 5.26 Å². The van der Waals surface area contributed by atoms with Gasteiger partial charge in [-0.05, 0) is 29.8 Å². The van der Waals surface area contributed by atoms with Crippen molar-refractivity contribution in [2.24, 2.45) is 0 Å². The van der Waals surface area contributed by atoms with Crippen molar-refractivity contribution in [3.63, 3.8) is 0 Å². The first-order valence-electron chi connectivity index (χ1n) is 8.45. The van der Waals surface area contributed by atoms with Crippen molar-refractivity contribution in [1.82, 2.24) is 9.97 Å². The molecule has 2 aromatic carbocycles. The Morgan fingerprint density at radius 2 is 1.87 bits per heavy atom. The van der Waals surface area contributed by atoms with Crippen LogP contribution in [0.3, 0.4) is 0 Å². The first-order valence-corrected chi connectivity index (χ1v) is 8.45. The highest BCUT2D eigenvalue weighted by Crippen LogP contribution is 2.35. The summed E-state index contributed by atoms with van der Waals surface area (Å²) in [5, 5.41) is 18.5. The minimum Gasteiger partial charge on any atom is -0.508 e. The average molecular weight is 417 g/mol. The summed E-state index contributed by atoms with van der Waals surface area (Å²) >= 11 is 0. The van der Waals surface area contributed by atoms with E-state index in [0.29, 0.717) is 11.3 Å².